The van der Waals surface area contributed by atoms with E-state index in [1.54, 1.807) is 24.3 Å². The maximum Gasteiger partial charge on any atom is 0.332 e. The van der Waals surface area contributed by atoms with Crippen molar-refractivity contribution in [1.82, 2.24) is 9.78 Å². The Morgan fingerprint density at radius 1 is 1.41 bits per heavy atom. The Hall–Kier alpha value is -2.43. The number of para-hydroxylation sites is 1. The fourth-order valence-electron chi connectivity index (χ4n) is 1.54. The van der Waals surface area contributed by atoms with Crippen LogP contribution in [0.2, 0.25) is 0 Å². The molecule has 2 rings (SSSR count). The lowest BCUT2D eigenvalue weighted by atomic mass is 10.2. The van der Waals surface area contributed by atoms with Crippen LogP contribution in [0.3, 0.4) is 0 Å². The van der Waals surface area contributed by atoms with Crippen molar-refractivity contribution in [2.24, 2.45) is 0 Å². The molecule has 0 bridgehead atoms. The quantitative estimate of drug-likeness (QED) is 0.799. The van der Waals surface area contributed by atoms with Crippen LogP contribution in [-0.4, -0.2) is 20.9 Å². The summed E-state index contributed by atoms with van der Waals surface area (Å²) in [6, 6.07) is 6.92. The van der Waals surface area contributed by atoms with E-state index < -0.39 is 5.97 Å². The minimum atomic E-state index is -1.07. The number of benzene rings is 1. The van der Waals surface area contributed by atoms with Crippen molar-refractivity contribution >= 4 is 16.9 Å². The van der Waals surface area contributed by atoms with Gasteiger partial charge in [-0.2, -0.15) is 5.10 Å². The van der Waals surface area contributed by atoms with Gasteiger partial charge in [-0.25, -0.2) is 4.79 Å². The highest BCUT2D eigenvalue weighted by Gasteiger charge is 2.08. The molecule has 0 saturated carbocycles. The number of hydrogen-bond donors (Lipinski definition) is 1. The van der Waals surface area contributed by atoms with Gasteiger partial charge in [0.1, 0.15) is 0 Å². The summed E-state index contributed by atoms with van der Waals surface area (Å²) in [6.07, 6.45) is 1.18. The molecule has 5 nitrogen and oxygen atoms in total. The zero-order valence-electron chi connectivity index (χ0n) is 8.96. The third-order valence-corrected chi connectivity index (χ3v) is 2.41. The summed E-state index contributed by atoms with van der Waals surface area (Å²) in [4.78, 5) is 22.2. The van der Waals surface area contributed by atoms with Gasteiger partial charge >= 0.3 is 5.97 Å². The molecule has 2 aromatic rings. The topological polar surface area (TPSA) is 72.2 Å². The van der Waals surface area contributed by atoms with Gasteiger partial charge in [0.05, 0.1) is 23.8 Å². The lowest BCUT2D eigenvalue weighted by Crippen LogP contribution is -2.15. The third-order valence-electron chi connectivity index (χ3n) is 2.41. The average molecular weight is 230 g/mol. The first-order chi connectivity index (χ1) is 8.09. The fourth-order valence-corrected chi connectivity index (χ4v) is 1.54. The first kappa shape index (κ1) is 11.1. The Bertz CT molecular complexity index is 658. The van der Waals surface area contributed by atoms with Crippen molar-refractivity contribution in [3.8, 4) is 0 Å². The number of rotatable bonds is 3. The van der Waals surface area contributed by atoms with Crippen LogP contribution in [0, 0.1) is 0 Å². The Labute approximate surface area is 96.6 Å². The van der Waals surface area contributed by atoms with Crippen molar-refractivity contribution in [3.63, 3.8) is 0 Å². The van der Waals surface area contributed by atoms with Gasteiger partial charge in [-0.3, -0.25) is 9.48 Å². The molecule has 1 N–H and O–H groups in total. The molecule has 17 heavy (non-hydrogen) atoms. The van der Waals surface area contributed by atoms with Gasteiger partial charge in [0.2, 0.25) is 5.43 Å². The number of hydrogen-bond acceptors (Lipinski definition) is 3. The Kier molecular flexibility index (Phi) is 2.74. The van der Waals surface area contributed by atoms with Gasteiger partial charge in [-0.05, 0) is 12.1 Å². The van der Waals surface area contributed by atoms with E-state index in [-0.39, 0.29) is 17.5 Å². The number of fused-ring (bicyclic) bond motifs is 1. The standard InChI is InChI=1S/C12H10N2O3/c1-8(12(16)17)7-14-10-5-3-2-4-9(10)11(15)6-13-14/h2-6H,1,7H2,(H,16,17). The van der Waals surface area contributed by atoms with Crippen LogP contribution in [0.1, 0.15) is 0 Å². The maximum atomic E-state index is 11.5. The van der Waals surface area contributed by atoms with E-state index in [9.17, 15) is 9.59 Å². The summed E-state index contributed by atoms with van der Waals surface area (Å²) >= 11 is 0. The number of carboxylic acid groups (broad SMARTS) is 1. The van der Waals surface area contributed by atoms with Crippen LogP contribution in [0.4, 0.5) is 0 Å². The minimum absolute atomic E-state index is 0.0197. The van der Waals surface area contributed by atoms with Crippen LogP contribution in [-0.2, 0) is 11.3 Å². The van der Waals surface area contributed by atoms with E-state index in [0.717, 1.165) is 0 Å². The summed E-state index contributed by atoms with van der Waals surface area (Å²) in [6.45, 7) is 3.49. The van der Waals surface area contributed by atoms with Gasteiger partial charge < -0.3 is 5.11 Å². The highest BCUT2D eigenvalue weighted by atomic mass is 16.4. The van der Waals surface area contributed by atoms with Crippen LogP contribution >= 0.6 is 0 Å². The Morgan fingerprint density at radius 3 is 2.82 bits per heavy atom. The monoisotopic (exact) mass is 230 g/mol. The van der Waals surface area contributed by atoms with Gasteiger partial charge in [0.15, 0.2) is 0 Å². The lowest BCUT2D eigenvalue weighted by molar-refractivity contribution is -0.132. The van der Waals surface area contributed by atoms with E-state index in [1.807, 2.05) is 0 Å². The highest BCUT2D eigenvalue weighted by Crippen LogP contribution is 2.09. The molecule has 1 aromatic carbocycles. The molecular weight excluding hydrogens is 220 g/mol. The number of aromatic nitrogens is 2. The molecule has 1 heterocycles. The molecule has 0 aliphatic heterocycles. The fraction of sp³-hybridized carbons (Fsp3) is 0.0833. The number of nitrogens with zero attached hydrogens (tertiary/aromatic N) is 2. The predicted molar refractivity (Wildman–Crippen MR) is 62.8 cm³/mol. The Morgan fingerprint density at radius 2 is 2.12 bits per heavy atom. The summed E-state index contributed by atoms with van der Waals surface area (Å²) in [7, 11) is 0. The van der Waals surface area contributed by atoms with E-state index in [4.69, 9.17) is 5.11 Å². The van der Waals surface area contributed by atoms with Gasteiger partial charge in [0, 0.05) is 5.39 Å². The number of carboxylic acids is 1. The molecule has 1 aromatic heterocycles. The molecule has 5 heteroatoms. The summed E-state index contributed by atoms with van der Waals surface area (Å²) in [5, 5.41) is 13.2. The van der Waals surface area contributed by atoms with E-state index in [2.05, 4.69) is 11.7 Å². The average Bonchev–Trinajstić information content (AvgIpc) is 2.33. The molecule has 0 aliphatic rings. The Balaban J connectivity index is 2.56. The van der Waals surface area contributed by atoms with Crippen molar-refractivity contribution < 1.29 is 9.90 Å². The summed E-state index contributed by atoms with van der Waals surface area (Å²) in [5.41, 5.74) is 0.437. The van der Waals surface area contributed by atoms with Crippen molar-refractivity contribution in [2.75, 3.05) is 0 Å². The second kappa shape index (κ2) is 4.21. The van der Waals surface area contributed by atoms with Crippen LogP contribution in [0.15, 0.2) is 47.4 Å². The van der Waals surface area contributed by atoms with E-state index in [0.29, 0.717) is 10.9 Å². The second-order valence-electron chi connectivity index (χ2n) is 3.59. The van der Waals surface area contributed by atoms with Crippen molar-refractivity contribution in [3.05, 3.63) is 52.8 Å². The van der Waals surface area contributed by atoms with Crippen LogP contribution in [0.5, 0.6) is 0 Å². The minimum Gasteiger partial charge on any atom is -0.478 e. The first-order valence-corrected chi connectivity index (χ1v) is 4.95. The van der Waals surface area contributed by atoms with Crippen LogP contribution in [0.25, 0.3) is 10.9 Å². The van der Waals surface area contributed by atoms with Gasteiger partial charge in [-0.15, -0.1) is 0 Å². The second-order valence-corrected chi connectivity index (χ2v) is 3.59. The maximum absolute atomic E-state index is 11.5. The first-order valence-electron chi connectivity index (χ1n) is 4.95. The van der Waals surface area contributed by atoms with Gasteiger partial charge in [0.25, 0.3) is 0 Å². The van der Waals surface area contributed by atoms with Crippen molar-refractivity contribution in [2.45, 2.75) is 6.54 Å². The smallest absolute Gasteiger partial charge is 0.332 e. The predicted octanol–water partition coefficient (Wildman–Crippen LogP) is 1.04. The van der Waals surface area contributed by atoms with Gasteiger partial charge in [-0.1, -0.05) is 18.7 Å². The van der Waals surface area contributed by atoms with Crippen LogP contribution < -0.4 is 5.43 Å². The molecule has 0 unspecified atom stereocenters. The lowest BCUT2D eigenvalue weighted by Gasteiger charge is -2.08. The molecule has 86 valence electrons. The summed E-state index contributed by atoms with van der Waals surface area (Å²) in [5.74, 6) is -1.07. The molecule has 0 atom stereocenters. The molecule has 0 fully saturated rings. The highest BCUT2D eigenvalue weighted by molar-refractivity contribution is 5.86. The third kappa shape index (κ3) is 2.08. The zero-order valence-corrected chi connectivity index (χ0v) is 8.96. The summed E-state index contributed by atoms with van der Waals surface area (Å²) < 4.78 is 1.45. The molecular formula is C12H10N2O3. The normalized spacial score (nSPS) is 10.4. The number of aliphatic carboxylic acids is 1. The zero-order chi connectivity index (χ0) is 12.4. The van der Waals surface area contributed by atoms with E-state index in [1.165, 1.54) is 10.9 Å². The number of carbonyl (C=O) groups is 1. The van der Waals surface area contributed by atoms with E-state index >= 15 is 0 Å². The van der Waals surface area contributed by atoms with Crippen molar-refractivity contribution in [1.29, 1.82) is 0 Å². The molecule has 0 amide bonds. The molecule has 0 spiro atoms. The molecule has 0 aliphatic carbocycles. The largest absolute Gasteiger partial charge is 0.478 e. The SMILES string of the molecule is C=C(Cn1ncc(=O)c2ccccc21)C(=O)O. The molecule has 0 saturated heterocycles. The molecule has 0 radical (unpaired) electrons.